The molecule has 2 aromatic carbocycles. The summed E-state index contributed by atoms with van der Waals surface area (Å²) in [4.78, 5) is 16.7. The van der Waals surface area contributed by atoms with Crippen molar-refractivity contribution < 1.29 is 4.79 Å². The molecule has 1 aromatic heterocycles. The van der Waals surface area contributed by atoms with E-state index in [1.807, 2.05) is 61.5 Å². The molecule has 0 fully saturated rings. The molecule has 0 aliphatic heterocycles. The molecule has 1 heterocycles. The molecule has 0 bridgehead atoms. The Morgan fingerprint density at radius 1 is 1.05 bits per heavy atom. The van der Waals surface area contributed by atoms with E-state index in [0.717, 1.165) is 11.4 Å². The summed E-state index contributed by atoms with van der Waals surface area (Å²) >= 11 is 1.34. The van der Waals surface area contributed by atoms with Gasteiger partial charge in [0.25, 0.3) is 0 Å². The van der Waals surface area contributed by atoms with Gasteiger partial charge in [0.15, 0.2) is 5.78 Å². The first-order chi connectivity index (χ1) is 10.3. The van der Waals surface area contributed by atoms with Gasteiger partial charge in [-0.25, -0.2) is 4.98 Å². The van der Waals surface area contributed by atoms with Crippen molar-refractivity contribution in [3.63, 3.8) is 0 Å². The third-order valence-corrected chi connectivity index (χ3v) is 3.94. The predicted octanol–water partition coefficient (Wildman–Crippen LogP) is 3.92. The summed E-state index contributed by atoms with van der Waals surface area (Å²) in [5.41, 5.74) is 4.18. The predicted molar refractivity (Wildman–Crippen MR) is 83.7 cm³/mol. The number of benzene rings is 2. The summed E-state index contributed by atoms with van der Waals surface area (Å²) in [5.74, 6) is 0.917. The Morgan fingerprint density at radius 3 is 2.52 bits per heavy atom. The minimum Gasteiger partial charge on any atom is -0.289 e. The Bertz CT molecular complexity index is 739. The molecule has 3 aromatic rings. The van der Waals surface area contributed by atoms with E-state index in [0.29, 0.717) is 11.1 Å². The maximum absolute atomic E-state index is 12.5. The first-order valence-electron chi connectivity index (χ1n) is 6.71. The molecule has 3 nitrogen and oxygen atoms in total. The molecule has 104 valence electrons. The summed E-state index contributed by atoms with van der Waals surface area (Å²) in [5, 5.41) is 0. The fourth-order valence-electron chi connectivity index (χ4n) is 2.22. The van der Waals surface area contributed by atoms with Gasteiger partial charge in [-0.2, -0.15) is 4.37 Å². The van der Waals surface area contributed by atoms with Gasteiger partial charge in [-0.1, -0.05) is 55.5 Å². The molecule has 0 aliphatic carbocycles. The minimum atomic E-state index is 0.0379. The highest BCUT2D eigenvalue weighted by Gasteiger charge is 2.15. The number of ketones is 1. The first-order valence-corrected chi connectivity index (χ1v) is 7.55. The van der Waals surface area contributed by atoms with Crippen LogP contribution in [0.2, 0.25) is 0 Å². The molecular formula is C17H14N2OS. The lowest BCUT2D eigenvalue weighted by Gasteiger charge is -2.09. The van der Waals surface area contributed by atoms with Crippen LogP contribution in [0.25, 0.3) is 0 Å². The molecule has 0 radical (unpaired) electrons. The number of rotatable bonds is 4. The number of hydrogen-bond donors (Lipinski definition) is 0. The molecule has 0 amide bonds. The number of carbonyl (C=O) groups is 1. The van der Waals surface area contributed by atoms with Crippen molar-refractivity contribution in [1.82, 2.24) is 9.36 Å². The number of nitrogens with zero attached hydrogens (tertiary/aromatic N) is 2. The van der Waals surface area contributed by atoms with Gasteiger partial charge >= 0.3 is 0 Å². The van der Waals surface area contributed by atoms with Crippen LogP contribution in [0.3, 0.4) is 0 Å². The van der Waals surface area contributed by atoms with E-state index in [2.05, 4.69) is 9.36 Å². The van der Waals surface area contributed by atoms with Crippen LogP contribution < -0.4 is 0 Å². The zero-order valence-corrected chi connectivity index (χ0v) is 12.4. The molecular weight excluding hydrogens is 280 g/mol. The third-order valence-electron chi connectivity index (χ3n) is 3.45. The molecule has 0 spiro atoms. The summed E-state index contributed by atoms with van der Waals surface area (Å²) in [6.45, 7) is 2.05. The second-order valence-corrected chi connectivity index (χ2v) is 5.44. The van der Waals surface area contributed by atoms with Gasteiger partial charge in [0.2, 0.25) is 0 Å². The highest BCUT2D eigenvalue weighted by atomic mass is 32.1. The summed E-state index contributed by atoms with van der Waals surface area (Å²) < 4.78 is 4.27. The lowest BCUT2D eigenvalue weighted by Crippen LogP contribution is -2.04. The minimum absolute atomic E-state index is 0.0379. The largest absolute Gasteiger partial charge is 0.289 e. The zero-order chi connectivity index (χ0) is 14.7. The smallest absolute Gasteiger partial charge is 0.193 e. The fourth-order valence-corrected chi connectivity index (χ4v) is 2.74. The molecule has 4 heteroatoms. The highest BCUT2D eigenvalue weighted by molar-refractivity contribution is 7.03. The second-order valence-electron chi connectivity index (χ2n) is 4.83. The van der Waals surface area contributed by atoms with Crippen LogP contribution in [0.15, 0.2) is 60.1 Å². The van der Waals surface area contributed by atoms with Crippen LogP contribution >= 0.6 is 11.5 Å². The second kappa shape index (κ2) is 5.97. The number of hydrogen-bond acceptors (Lipinski definition) is 4. The standard InChI is InChI=1S/C17H14N2OS/c1-12(17-18-11-21-19-17)14-8-5-9-15(10-14)16(20)13-6-3-2-4-7-13/h2-12H,1H3. The zero-order valence-electron chi connectivity index (χ0n) is 11.6. The van der Waals surface area contributed by atoms with Crippen molar-refractivity contribution in [2.24, 2.45) is 0 Å². The average molecular weight is 294 g/mol. The van der Waals surface area contributed by atoms with Crippen molar-refractivity contribution in [2.75, 3.05) is 0 Å². The Kier molecular flexibility index (Phi) is 3.88. The van der Waals surface area contributed by atoms with E-state index >= 15 is 0 Å². The van der Waals surface area contributed by atoms with Gasteiger partial charge in [-0.15, -0.1) is 0 Å². The van der Waals surface area contributed by atoms with E-state index in [1.165, 1.54) is 11.5 Å². The van der Waals surface area contributed by atoms with Crippen molar-refractivity contribution in [1.29, 1.82) is 0 Å². The Balaban J connectivity index is 1.92. The fraction of sp³-hybridized carbons (Fsp3) is 0.118. The van der Waals surface area contributed by atoms with Gasteiger partial charge in [0, 0.05) is 17.0 Å². The first kappa shape index (κ1) is 13.6. The van der Waals surface area contributed by atoms with E-state index in [1.54, 1.807) is 5.51 Å². The maximum Gasteiger partial charge on any atom is 0.193 e. The SMILES string of the molecule is CC(c1cccc(C(=O)c2ccccc2)c1)c1ncsn1. The van der Waals surface area contributed by atoms with Gasteiger partial charge in [0.05, 0.1) is 0 Å². The van der Waals surface area contributed by atoms with E-state index in [4.69, 9.17) is 0 Å². The van der Waals surface area contributed by atoms with Crippen LogP contribution in [0.1, 0.15) is 40.2 Å². The normalized spacial score (nSPS) is 12.0. The van der Waals surface area contributed by atoms with E-state index < -0.39 is 0 Å². The molecule has 0 saturated carbocycles. The van der Waals surface area contributed by atoms with Crippen LogP contribution in [0.4, 0.5) is 0 Å². The van der Waals surface area contributed by atoms with Gasteiger partial charge < -0.3 is 0 Å². The number of aromatic nitrogens is 2. The van der Waals surface area contributed by atoms with E-state index in [9.17, 15) is 4.79 Å². The summed E-state index contributed by atoms with van der Waals surface area (Å²) in [6, 6.07) is 17.0. The Morgan fingerprint density at radius 2 is 1.81 bits per heavy atom. The Labute approximate surface area is 127 Å². The molecule has 3 rings (SSSR count). The molecule has 1 unspecified atom stereocenters. The summed E-state index contributed by atoms with van der Waals surface area (Å²) in [6.07, 6.45) is 0. The highest BCUT2D eigenvalue weighted by Crippen LogP contribution is 2.23. The molecule has 1 atom stereocenters. The van der Waals surface area contributed by atoms with Crippen LogP contribution in [0, 0.1) is 0 Å². The monoisotopic (exact) mass is 294 g/mol. The van der Waals surface area contributed by atoms with Crippen molar-refractivity contribution >= 4 is 17.3 Å². The molecule has 0 saturated heterocycles. The van der Waals surface area contributed by atoms with Crippen molar-refractivity contribution in [3.8, 4) is 0 Å². The van der Waals surface area contributed by atoms with Gasteiger partial charge in [-0.3, -0.25) is 4.79 Å². The maximum atomic E-state index is 12.5. The lowest BCUT2D eigenvalue weighted by molar-refractivity contribution is 0.103. The molecule has 0 N–H and O–H groups in total. The average Bonchev–Trinajstić information content (AvgIpc) is 3.09. The van der Waals surface area contributed by atoms with Crippen LogP contribution in [0.5, 0.6) is 0 Å². The van der Waals surface area contributed by atoms with E-state index in [-0.39, 0.29) is 11.7 Å². The lowest BCUT2D eigenvalue weighted by atomic mass is 9.95. The number of carbonyl (C=O) groups excluding carboxylic acids is 1. The Hall–Kier alpha value is -2.33. The molecule has 21 heavy (non-hydrogen) atoms. The van der Waals surface area contributed by atoms with Gasteiger partial charge in [0.1, 0.15) is 11.3 Å². The van der Waals surface area contributed by atoms with Crippen molar-refractivity contribution in [2.45, 2.75) is 12.8 Å². The van der Waals surface area contributed by atoms with Crippen LogP contribution in [-0.2, 0) is 0 Å². The molecule has 0 aliphatic rings. The summed E-state index contributed by atoms with van der Waals surface area (Å²) in [7, 11) is 0. The quantitative estimate of drug-likeness (QED) is 0.685. The third kappa shape index (κ3) is 2.90. The van der Waals surface area contributed by atoms with Crippen molar-refractivity contribution in [3.05, 3.63) is 82.6 Å². The van der Waals surface area contributed by atoms with Gasteiger partial charge in [-0.05, 0) is 23.2 Å². The van der Waals surface area contributed by atoms with Crippen LogP contribution in [-0.4, -0.2) is 15.1 Å². The topological polar surface area (TPSA) is 42.9 Å².